The first-order valence-electron chi connectivity index (χ1n) is 6.30. The third-order valence-corrected chi connectivity index (χ3v) is 2.85. The summed E-state index contributed by atoms with van der Waals surface area (Å²) in [4.78, 5) is 0. The highest BCUT2D eigenvalue weighted by atomic mass is 15.9. The molecule has 1 aliphatic rings. The molecule has 0 saturated carbocycles. The number of amidine groups is 1. The van der Waals surface area contributed by atoms with Gasteiger partial charge < -0.3 is 5.73 Å². The first-order chi connectivity index (χ1) is 9.81. The Bertz CT molecular complexity index is 648. The van der Waals surface area contributed by atoms with Crippen molar-refractivity contribution in [3.8, 4) is 0 Å². The molecule has 2 aromatic carbocycles. The molecule has 5 nitrogen and oxygen atoms in total. The molecule has 4 N–H and O–H groups in total. The second-order valence-corrected chi connectivity index (χ2v) is 4.37. The molecule has 20 heavy (non-hydrogen) atoms. The minimum absolute atomic E-state index is 0.702. The molecule has 0 saturated heterocycles. The van der Waals surface area contributed by atoms with Crippen LogP contribution in [-0.2, 0) is 0 Å². The molecule has 0 radical (unpaired) electrons. The van der Waals surface area contributed by atoms with Crippen LogP contribution in [0.5, 0.6) is 0 Å². The van der Waals surface area contributed by atoms with Gasteiger partial charge in [0.05, 0.1) is 5.69 Å². The molecule has 0 aliphatic carbocycles. The Morgan fingerprint density at radius 2 is 1.85 bits per heavy atom. The third kappa shape index (κ3) is 2.78. The molecule has 3 rings (SSSR count). The molecule has 0 unspecified atom stereocenters. The first-order valence-corrected chi connectivity index (χ1v) is 6.30. The molecule has 0 fully saturated rings. The maximum absolute atomic E-state index is 5.76. The van der Waals surface area contributed by atoms with Crippen LogP contribution in [0.2, 0.25) is 0 Å². The Morgan fingerprint density at radius 3 is 2.65 bits per heavy atom. The first kappa shape index (κ1) is 12.3. The predicted octanol–water partition coefficient (Wildman–Crippen LogP) is 2.12. The van der Waals surface area contributed by atoms with Gasteiger partial charge >= 0.3 is 0 Å². The highest BCUT2D eigenvalue weighted by Crippen LogP contribution is 2.17. The van der Waals surface area contributed by atoms with Gasteiger partial charge in [0.1, 0.15) is 0 Å². The van der Waals surface area contributed by atoms with Crippen molar-refractivity contribution in [3.05, 3.63) is 66.2 Å². The lowest BCUT2D eigenvalue weighted by Gasteiger charge is -2.12. The topological polar surface area (TPSA) is 65.7 Å². The zero-order chi connectivity index (χ0) is 13.8. The van der Waals surface area contributed by atoms with E-state index < -0.39 is 0 Å². The van der Waals surface area contributed by atoms with Crippen LogP contribution in [0, 0.1) is 0 Å². The summed E-state index contributed by atoms with van der Waals surface area (Å²) >= 11 is 0. The van der Waals surface area contributed by atoms with E-state index in [1.54, 1.807) is 5.12 Å². The lowest BCUT2D eigenvalue weighted by molar-refractivity contribution is 0.664. The van der Waals surface area contributed by atoms with Gasteiger partial charge in [0.2, 0.25) is 0 Å². The standard InChI is InChI=1S/C15H15N5/c16-13-7-4-8-14(11-13)20-18-15(17-19-20)10-9-12-5-2-1-3-6-12/h1-11,19H,16H2,(H,17,18)/b10-9+. The van der Waals surface area contributed by atoms with E-state index in [1.807, 2.05) is 66.7 Å². The average Bonchev–Trinajstić information content (AvgIpc) is 2.95. The molecule has 100 valence electrons. The number of nitrogens with two attached hydrogens (primary N) is 1. The lowest BCUT2D eigenvalue weighted by atomic mass is 10.2. The molecule has 0 amide bonds. The number of hydrogen-bond acceptors (Lipinski definition) is 5. The fourth-order valence-corrected chi connectivity index (χ4v) is 1.86. The van der Waals surface area contributed by atoms with Crippen molar-refractivity contribution in [2.45, 2.75) is 0 Å². The highest BCUT2D eigenvalue weighted by Gasteiger charge is 2.12. The smallest absolute Gasteiger partial charge is 0.163 e. The van der Waals surface area contributed by atoms with Gasteiger partial charge in [-0.15, -0.1) is 10.6 Å². The van der Waals surface area contributed by atoms with E-state index in [9.17, 15) is 0 Å². The highest BCUT2D eigenvalue weighted by molar-refractivity contribution is 5.97. The van der Waals surface area contributed by atoms with Crippen LogP contribution < -0.4 is 21.8 Å². The summed E-state index contributed by atoms with van der Waals surface area (Å²) in [6.45, 7) is 0. The SMILES string of the molecule is Nc1cccc(N2N=C(/C=C/c3ccccc3)NN2)c1. The third-order valence-electron chi connectivity index (χ3n) is 2.85. The van der Waals surface area contributed by atoms with Crippen LogP contribution in [0.15, 0.2) is 65.8 Å². The van der Waals surface area contributed by atoms with Crippen LogP contribution in [0.1, 0.15) is 5.56 Å². The summed E-state index contributed by atoms with van der Waals surface area (Å²) in [7, 11) is 0. The van der Waals surface area contributed by atoms with Crippen molar-refractivity contribution in [2.24, 2.45) is 5.10 Å². The Kier molecular flexibility index (Phi) is 3.34. The second kappa shape index (κ2) is 5.46. The normalized spacial score (nSPS) is 14.4. The van der Waals surface area contributed by atoms with E-state index in [1.165, 1.54) is 0 Å². The number of benzene rings is 2. The zero-order valence-electron chi connectivity index (χ0n) is 10.8. The fraction of sp³-hybridized carbons (Fsp3) is 0. The Labute approximate surface area is 117 Å². The number of rotatable bonds is 3. The Balaban J connectivity index is 1.74. The Morgan fingerprint density at radius 1 is 1.00 bits per heavy atom. The van der Waals surface area contributed by atoms with Gasteiger partial charge in [-0.25, -0.2) is 0 Å². The summed E-state index contributed by atoms with van der Waals surface area (Å²) in [6, 6.07) is 17.6. The number of nitrogen functional groups attached to an aromatic ring is 1. The van der Waals surface area contributed by atoms with Gasteiger partial charge in [0.15, 0.2) is 5.84 Å². The van der Waals surface area contributed by atoms with Gasteiger partial charge in [-0.1, -0.05) is 42.5 Å². The molecule has 1 aliphatic heterocycles. The van der Waals surface area contributed by atoms with Crippen molar-refractivity contribution in [2.75, 3.05) is 10.9 Å². The summed E-state index contributed by atoms with van der Waals surface area (Å²) < 4.78 is 0. The molecule has 0 bridgehead atoms. The molecular weight excluding hydrogens is 250 g/mol. The number of anilines is 2. The summed E-state index contributed by atoms with van der Waals surface area (Å²) in [5.74, 6) is 0.733. The predicted molar refractivity (Wildman–Crippen MR) is 82.5 cm³/mol. The van der Waals surface area contributed by atoms with Crippen LogP contribution in [-0.4, -0.2) is 5.84 Å². The number of nitrogens with one attached hydrogen (secondary N) is 2. The van der Waals surface area contributed by atoms with Crippen molar-refractivity contribution < 1.29 is 0 Å². The molecule has 0 aromatic heterocycles. The monoisotopic (exact) mass is 265 g/mol. The van der Waals surface area contributed by atoms with Crippen LogP contribution in [0.4, 0.5) is 11.4 Å². The number of hydrogen-bond donors (Lipinski definition) is 3. The van der Waals surface area contributed by atoms with Gasteiger partial charge in [0, 0.05) is 5.69 Å². The van der Waals surface area contributed by atoms with E-state index in [2.05, 4.69) is 16.1 Å². The summed E-state index contributed by atoms with van der Waals surface area (Å²) in [5, 5.41) is 6.04. The minimum atomic E-state index is 0.702. The molecular formula is C15H15N5. The van der Waals surface area contributed by atoms with Gasteiger partial charge in [-0.2, -0.15) is 5.12 Å². The quantitative estimate of drug-likeness (QED) is 0.744. The van der Waals surface area contributed by atoms with Gasteiger partial charge in [0.25, 0.3) is 0 Å². The van der Waals surface area contributed by atoms with Gasteiger partial charge in [-0.3, -0.25) is 5.43 Å². The number of hydrazone groups is 1. The summed E-state index contributed by atoms with van der Waals surface area (Å²) in [6.07, 6.45) is 3.91. The van der Waals surface area contributed by atoms with Crippen molar-refractivity contribution >= 4 is 23.3 Å². The fourth-order valence-electron chi connectivity index (χ4n) is 1.86. The molecule has 1 heterocycles. The average molecular weight is 265 g/mol. The number of hydrazine groups is 2. The minimum Gasteiger partial charge on any atom is -0.399 e. The van der Waals surface area contributed by atoms with Crippen molar-refractivity contribution in [1.82, 2.24) is 11.0 Å². The number of nitrogens with zero attached hydrogens (tertiary/aromatic N) is 2. The molecule has 0 spiro atoms. The lowest BCUT2D eigenvalue weighted by Crippen LogP contribution is -2.38. The molecule has 0 atom stereocenters. The van der Waals surface area contributed by atoms with Crippen molar-refractivity contribution in [3.63, 3.8) is 0 Å². The van der Waals surface area contributed by atoms with Gasteiger partial charge in [-0.05, 0) is 29.8 Å². The zero-order valence-corrected chi connectivity index (χ0v) is 10.8. The van der Waals surface area contributed by atoms with Crippen LogP contribution >= 0.6 is 0 Å². The maximum Gasteiger partial charge on any atom is 0.163 e. The largest absolute Gasteiger partial charge is 0.399 e. The van der Waals surface area contributed by atoms with E-state index >= 15 is 0 Å². The maximum atomic E-state index is 5.76. The van der Waals surface area contributed by atoms with E-state index in [0.29, 0.717) is 5.69 Å². The second-order valence-electron chi connectivity index (χ2n) is 4.37. The molecule has 5 heteroatoms. The van der Waals surface area contributed by atoms with E-state index in [0.717, 1.165) is 17.1 Å². The van der Waals surface area contributed by atoms with Crippen LogP contribution in [0.25, 0.3) is 6.08 Å². The Hall–Kier alpha value is -2.79. The van der Waals surface area contributed by atoms with Crippen molar-refractivity contribution in [1.29, 1.82) is 0 Å². The van der Waals surface area contributed by atoms with Crippen LogP contribution in [0.3, 0.4) is 0 Å². The van der Waals surface area contributed by atoms with E-state index in [-0.39, 0.29) is 0 Å². The molecule has 2 aromatic rings. The summed E-state index contributed by atoms with van der Waals surface area (Å²) in [5.41, 5.74) is 14.4. The van der Waals surface area contributed by atoms with E-state index in [4.69, 9.17) is 5.73 Å².